The Kier molecular flexibility index (Phi) is 3.99. The number of carbonyl (C=O) groups excluding carboxylic acids is 1. The molecular formula is C12H18N2O2. The van der Waals surface area contributed by atoms with Crippen molar-refractivity contribution in [2.24, 2.45) is 5.92 Å². The summed E-state index contributed by atoms with van der Waals surface area (Å²) in [4.78, 5) is 22.6. The van der Waals surface area contributed by atoms with Crippen molar-refractivity contribution in [1.29, 1.82) is 0 Å². The summed E-state index contributed by atoms with van der Waals surface area (Å²) in [7, 11) is 0. The molecule has 0 unspecified atom stereocenters. The maximum Gasteiger partial charge on any atom is 0.277 e. The predicted molar refractivity (Wildman–Crippen MR) is 62.8 cm³/mol. The largest absolute Gasteiger partial charge is 0.298 e. The Morgan fingerprint density at radius 2 is 2.00 bits per heavy atom. The molecule has 4 heteroatoms. The van der Waals surface area contributed by atoms with Crippen LogP contribution >= 0.6 is 0 Å². The molecule has 0 saturated heterocycles. The molecule has 0 aromatic carbocycles. The number of carbonyl (C=O) groups is 1. The second-order valence-corrected chi connectivity index (χ2v) is 4.68. The van der Waals surface area contributed by atoms with Crippen molar-refractivity contribution < 1.29 is 4.79 Å². The van der Waals surface area contributed by atoms with E-state index in [0.29, 0.717) is 18.7 Å². The van der Waals surface area contributed by atoms with Crippen molar-refractivity contribution in [3.63, 3.8) is 0 Å². The van der Waals surface area contributed by atoms with Crippen LogP contribution in [-0.4, -0.2) is 16.1 Å². The summed E-state index contributed by atoms with van der Waals surface area (Å²) in [6.07, 6.45) is 0.604. The van der Waals surface area contributed by atoms with E-state index >= 15 is 0 Å². The van der Waals surface area contributed by atoms with Crippen LogP contribution in [0.4, 0.5) is 0 Å². The molecule has 0 atom stereocenters. The van der Waals surface area contributed by atoms with Crippen molar-refractivity contribution >= 4 is 6.29 Å². The summed E-state index contributed by atoms with van der Waals surface area (Å²) in [6.45, 7) is 8.54. The summed E-state index contributed by atoms with van der Waals surface area (Å²) in [5.74, 6) is 0.532. The molecule has 1 heterocycles. The van der Waals surface area contributed by atoms with Gasteiger partial charge in [-0.2, -0.15) is 5.10 Å². The Hall–Kier alpha value is -1.45. The van der Waals surface area contributed by atoms with Gasteiger partial charge in [-0.25, -0.2) is 4.68 Å². The number of aldehydes is 1. The smallest absolute Gasteiger partial charge is 0.277 e. The highest BCUT2D eigenvalue weighted by atomic mass is 16.1. The van der Waals surface area contributed by atoms with Crippen LogP contribution in [0.15, 0.2) is 10.9 Å². The van der Waals surface area contributed by atoms with E-state index in [2.05, 4.69) is 5.10 Å². The first-order chi connectivity index (χ1) is 7.45. The molecule has 0 amide bonds. The molecule has 1 rings (SSSR count). The van der Waals surface area contributed by atoms with Gasteiger partial charge in [-0.3, -0.25) is 9.59 Å². The van der Waals surface area contributed by atoms with E-state index in [1.807, 2.05) is 27.7 Å². The van der Waals surface area contributed by atoms with E-state index in [9.17, 15) is 9.59 Å². The summed E-state index contributed by atoms with van der Waals surface area (Å²) >= 11 is 0. The minimum absolute atomic E-state index is 0.194. The molecule has 0 aliphatic heterocycles. The molecule has 0 N–H and O–H groups in total. The average molecular weight is 222 g/mol. The third-order valence-electron chi connectivity index (χ3n) is 2.28. The molecule has 0 radical (unpaired) electrons. The van der Waals surface area contributed by atoms with E-state index in [1.165, 1.54) is 4.68 Å². The molecule has 88 valence electrons. The second kappa shape index (κ2) is 5.05. The molecule has 4 nitrogen and oxygen atoms in total. The highest BCUT2D eigenvalue weighted by molar-refractivity contribution is 5.74. The Balaban J connectivity index is 3.30. The molecule has 0 bridgehead atoms. The van der Waals surface area contributed by atoms with E-state index in [0.717, 1.165) is 5.69 Å². The number of nitrogens with zero attached hydrogens (tertiary/aromatic N) is 2. The van der Waals surface area contributed by atoms with Crippen LogP contribution in [0.3, 0.4) is 0 Å². The van der Waals surface area contributed by atoms with Crippen LogP contribution in [-0.2, 0) is 6.54 Å². The van der Waals surface area contributed by atoms with Gasteiger partial charge in [0.1, 0.15) is 0 Å². The fraction of sp³-hybridized carbons (Fsp3) is 0.583. The fourth-order valence-corrected chi connectivity index (χ4v) is 1.42. The van der Waals surface area contributed by atoms with Gasteiger partial charge in [-0.1, -0.05) is 27.7 Å². The van der Waals surface area contributed by atoms with Crippen LogP contribution < -0.4 is 5.56 Å². The predicted octanol–water partition coefficient (Wildman–Crippen LogP) is 1.84. The molecule has 0 fully saturated rings. The first-order valence-electron chi connectivity index (χ1n) is 5.53. The van der Waals surface area contributed by atoms with E-state index in [1.54, 1.807) is 6.07 Å². The molecule has 1 aromatic heterocycles. The van der Waals surface area contributed by atoms with Crippen molar-refractivity contribution in [2.45, 2.75) is 40.2 Å². The third kappa shape index (κ3) is 2.78. The lowest BCUT2D eigenvalue weighted by Crippen LogP contribution is -2.29. The van der Waals surface area contributed by atoms with Gasteiger partial charge in [0, 0.05) is 6.54 Å². The summed E-state index contributed by atoms with van der Waals surface area (Å²) in [5.41, 5.74) is 0.676. The number of hydrogen-bond donors (Lipinski definition) is 0. The van der Waals surface area contributed by atoms with Crippen LogP contribution in [0.25, 0.3) is 0 Å². The van der Waals surface area contributed by atoms with E-state index < -0.39 is 0 Å². The molecule has 16 heavy (non-hydrogen) atoms. The van der Waals surface area contributed by atoms with Crippen LogP contribution in [0.1, 0.15) is 49.7 Å². The Morgan fingerprint density at radius 1 is 1.38 bits per heavy atom. The highest BCUT2D eigenvalue weighted by Crippen LogP contribution is 2.10. The number of hydrogen-bond acceptors (Lipinski definition) is 3. The highest BCUT2D eigenvalue weighted by Gasteiger charge is 2.10. The minimum atomic E-state index is -0.298. The quantitative estimate of drug-likeness (QED) is 0.730. The van der Waals surface area contributed by atoms with Crippen LogP contribution in [0, 0.1) is 5.92 Å². The zero-order valence-electron chi connectivity index (χ0n) is 10.2. The molecule has 1 aromatic rings. The molecule has 0 aliphatic rings. The summed E-state index contributed by atoms with van der Waals surface area (Å²) in [6, 6.07) is 1.58. The SMILES string of the molecule is CC(C)Cn1nc(C(C)C)cc(C=O)c1=O. The maximum absolute atomic E-state index is 11.8. The maximum atomic E-state index is 11.8. The van der Waals surface area contributed by atoms with Gasteiger partial charge in [0.05, 0.1) is 11.3 Å². The van der Waals surface area contributed by atoms with Crippen LogP contribution in [0.2, 0.25) is 0 Å². The van der Waals surface area contributed by atoms with Gasteiger partial charge in [0.2, 0.25) is 0 Å². The molecule has 0 aliphatic carbocycles. The summed E-state index contributed by atoms with van der Waals surface area (Å²) in [5, 5.41) is 4.27. The Labute approximate surface area is 95.3 Å². The average Bonchev–Trinajstić information content (AvgIpc) is 2.20. The first kappa shape index (κ1) is 12.6. The van der Waals surface area contributed by atoms with Crippen molar-refractivity contribution in [2.75, 3.05) is 0 Å². The zero-order chi connectivity index (χ0) is 12.3. The van der Waals surface area contributed by atoms with E-state index in [-0.39, 0.29) is 17.0 Å². The van der Waals surface area contributed by atoms with Gasteiger partial charge in [0.15, 0.2) is 6.29 Å². The van der Waals surface area contributed by atoms with Crippen LogP contribution in [0.5, 0.6) is 0 Å². The molecule has 0 saturated carbocycles. The lowest BCUT2D eigenvalue weighted by atomic mass is 10.1. The summed E-state index contributed by atoms with van der Waals surface area (Å²) < 4.78 is 1.39. The van der Waals surface area contributed by atoms with Crippen molar-refractivity contribution in [1.82, 2.24) is 9.78 Å². The van der Waals surface area contributed by atoms with E-state index in [4.69, 9.17) is 0 Å². The first-order valence-corrected chi connectivity index (χ1v) is 5.53. The lowest BCUT2D eigenvalue weighted by Gasteiger charge is -2.11. The van der Waals surface area contributed by atoms with Crippen molar-refractivity contribution in [3.05, 3.63) is 27.7 Å². The fourth-order valence-electron chi connectivity index (χ4n) is 1.42. The Bertz CT molecular complexity index is 433. The van der Waals surface area contributed by atoms with Crippen molar-refractivity contribution in [3.8, 4) is 0 Å². The number of rotatable bonds is 4. The monoisotopic (exact) mass is 222 g/mol. The molecular weight excluding hydrogens is 204 g/mol. The normalized spacial score (nSPS) is 11.1. The molecule has 0 spiro atoms. The topological polar surface area (TPSA) is 52.0 Å². The van der Waals surface area contributed by atoms with Gasteiger partial charge in [0.25, 0.3) is 5.56 Å². The van der Waals surface area contributed by atoms with Gasteiger partial charge >= 0.3 is 0 Å². The van der Waals surface area contributed by atoms with Gasteiger partial charge < -0.3 is 0 Å². The minimum Gasteiger partial charge on any atom is -0.298 e. The standard InChI is InChI=1S/C12H18N2O2/c1-8(2)6-14-12(16)10(7-15)5-11(13-14)9(3)4/h5,7-9H,6H2,1-4H3. The van der Waals surface area contributed by atoms with Gasteiger partial charge in [-0.15, -0.1) is 0 Å². The second-order valence-electron chi connectivity index (χ2n) is 4.68. The Morgan fingerprint density at radius 3 is 2.44 bits per heavy atom. The lowest BCUT2D eigenvalue weighted by molar-refractivity contribution is 0.112. The number of aromatic nitrogens is 2. The zero-order valence-corrected chi connectivity index (χ0v) is 10.2. The van der Waals surface area contributed by atoms with Gasteiger partial charge in [-0.05, 0) is 17.9 Å². The third-order valence-corrected chi connectivity index (χ3v) is 2.28.